The van der Waals surface area contributed by atoms with Crippen LogP contribution in [0.1, 0.15) is 13.8 Å². The molecule has 1 unspecified atom stereocenters. The Kier molecular flexibility index (Phi) is 4.23. The quantitative estimate of drug-likeness (QED) is 0.645. The first kappa shape index (κ1) is 15.0. The lowest BCUT2D eigenvalue weighted by Crippen LogP contribution is -2.25. The number of anilines is 1. The lowest BCUT2D eigenvalue weighted by Gasteiger charge is -2.14. The number of aromatic nitrogens is 1. The molecule has 0 fully saturated rings. The molecule has 0 amide bonds. The smallest absolute Gasteiger partial charge is 0.357 e. The number of hydrogen-bond acceptors (Lipinski definition) is 5. The minimum absolute atomic E-state index is 0.125. The number of pyridine rings is 1. The third-order valence-electron chi connectivity index (χ3n) is 3.22. The molecule has 7 nitrogen and oxygen atoms in total. The van der Waals surface area contributed by atoms with Gasteiger partial charge in [-0.1, -0.05) is 18.2 Å². The molecule has 2 aromatic rings. The van der Waals surface area contributed by atoms with Gasteiger partial charge in [0.05, 0.1) is 16.5 Å². The number of nitro groups is 1. The highest BCUT2D eigenvalue weighted by Crippen LogP contribution is 2.29. The van der Waals surface area contributed by atoms with Gasteiger partial charge >= 0.3 is 11.2 Å². The first-order chi connectivity index (χ1) is 9.97. The third-order valence-corrected chi connectivity index (χ3v) is 3.22. The molecule has 1 atom stereocenters. The van der Waals surface area contributed by atoms with Gasteiger partial charge in [0.15, 0.2) is 0 Å². The summed E-state index contributed by atoms with van der Waals surface area (Å²) in [5.74, 6) is 0. The maximum Gasteiger partial charge on any atom is 0.357 e. The molecule has 0 saturated carbocycles. The molecule has 0 aliphatic carbocycles. The maximum atomic E-state index is 12.3. The maximum absolute atomic E-state index is 12.3. The van der Waals surface area contributed by atoms with Crippen molar-refractivity contribution in [3.8, 4) is 0 Å². The SMILES string of the molecule is CCn1c(=O)c([N+](=O)[O-])c(NCC(C)O)c2ccccc21. The highest BCUT2D eigenvalue weighted by Gasteiger charge is 2.25. The Hall–Kier alpha value is -2.41. The van der Waals surface area contributed by atoms with E-state index in [-0.39, 0.29) is 12.2 Å². The summed E-state index contributed by atoms with van der Waals surface area (Å²) >= 11 is 0. The molecule has 7 heteroatoms. The molecule has 0 radical (unpaired) electrons. The van der Waals surface area contributed by atoms with E-state index in [4.69, 9.17) is 0 Å². The second kappa shape index (κ2) is 5.92. The standard InChI is InChI=1S/C14H17N3O4/c1-3-16-11-7-5-4-6-10(11)12(15-8-9(2)18)13(14(16)19)17(20)21/h4-7,9,15,18H,3,8H2,1-2H3. The van der Waals surface area contributed by atoms with Gasteiger partial charge in [-0.2, -0.15) is 0 Å². The van der Waals surface area contributed by atoms with E-state index in [1.807, 2.05) is 0 Å². The van der Waals surface area contributed by atoms with Crippen molar-refractivity contribution in [2.24, 2.45) is 0 Å². The topological polar surface area (TPSA) is 97.4 Å². The van der Waals surface area contributed by atoms with Crippen LogP contribution < -0.4 is 10.9 Å². The van der Waals surface area contributed by atoms with Crippen molar-refractivity contribution in [3.63, 3.8) is 0 Å². The number of hydrogen-bond donors (Lipinski definition) is 2. The lowest BCUT2D eigenvalue weighted by molar-refractivity contribution is -0.385. The Balaban J connectivity index is 2.82. The number of para-hydroxylation sites is 1. The molecule has 0 bridgehead atoms. The summed E-state index contributed by atoms with van der Waals surface area (Å²) in [6.07, 6.45) is -0.683. The average Bonchev–Trinajstić information content (AvgIpc) is 2.44. The largest absolute Gasteiger partial charge is 0.392 e. The van der Waals surface area contributed by atoms with Gasteiger partial charge in [0, 0.05) is 18.5 Å². The number of rotatable bonds is 5. The van der Waals surface area contributed by atoms with Crippen LogP contribution in [-0.2, 0) is 6.54 Å². The summed E-state index contributed by atoms with van der Waals surface area (Å²) in [6, 6.07) is 7.00. The summed E-state index contributed by atoms with van der Waals surface area (Å²) in [4.78, 5) is 23.0. The van der Waals surface area contributed by atoms with Crippen LogP contribution in [0, 0.1) is 10.1 Å². The molecule has 0 aliphatic rings. The van der Waals surface area contributed by atoms with E-state index >= 15 is 0 Å². The highest BCUT2D eigenvalue weighted by molar-refractivity contribution is 5.96. The van der Waals surface area contributed by atoms with E-state index in [1.54, 1.807) is 38.1 Å². The molecular formula is C14H17N3O4. The Bertz CT molecular complexity index is 737. The van der Waals surface area contributed by atoms with Crippen molar-refractivity contribution in [2.45, 2.75) is 26.5 Å². The summed E-state index contributed by atoms with van der Waals surface area (Å²) in [6.45, 7) is 3.80. The number of aliphatic hydroxyl groups is 1. The van der Waals surface area contributed by atoms with Crippen LogP contribution in [0.25, 0.3) is 10.9 Å². The van der Waals surface area contributed by atoms with Crippen molar-refractivity contribution in [1.82, 2.24) is 4.57 Å². The van der Waals surface area contributed by atoms with Gasteiger partial charge in [0.25, 0.3) is 0 Å². The second-order valence-corrected chi connectivity index (χ2v) is 4.78. The fraction of sp³-hybridized carbons (Fsp3) is 0.357. The van der Waals surface area contributed by atoms with E-state index in [9.17, 15) is 20.0 Å². The third kappa shape index (κ3) is 2.73. The minimum atomic E-state index is -0.683. The Morgan fingerprint density at radius 2 is 2.10 bits per heavy atom. The van der Waals surface area contributed by atoms with Crippen LogP contribution in [0.4, 0.5) is 11.4 Å². The summed E-state index contributed by atoms with van der Waals surface area (Å²) in [7, 11) is 0. The zero-order valence-electron chi connectivity index (χ0n) is 11.9. The van der Waals surface area contributed by atoms with E-state index in [2.05, 4.69) is 5.32 Å². The van der Waals surface area contributed by atoms with Crippen LogP contribution in [0.15, 0.2) is 29.1 Å². The molecule has 1 aromatic carbocycles. The monoisotopic (exact) mass is 291 g/mol. The molecule has 0 saturated heterocycles. The number of nitrogens with one attached hydrogen (secondary N) is 1. The minimum Gasteiger partial charge on any atom is -0.392 e. The van der Waals surface area contributed by atoms with E-state index in [0.717, 1.165) is 0 Å². The first-order valence-electron chi connectivity index (χ1n) is 6.69. The van der Waals surface area contributed by atoms with Crippen LogP contribution >= 0.6 is 0 Å². The van der Waals surface area contributed by atoms with E-state index in [0.29, 0.717) is 17.4 Å². The predicted molar refractivity (Wildman–Crippen MR) is 80.7 cm³/mol. The van der Waals surface area contributed by atoms with Crippen molar-refractivity contribution in [1.29, 1.82) is 0 Å². The van der Waals surface area contributed by atoms with Crippen molar-refractivity contribution >= 4 is 22.3 Å². The Morgan fingerprint density at radius 3 is 2.67 bits per heavy atom. The molecule has 2 N–H and O–H groups in total. The molecule has 0 aliphatic heterocycles. The van der Waals surface area contributed by atoms with Gasteiger partial charge in [-0.15, -0.1) is 0 Å². The molecule has 1 heterocycles. The average molecular weight is 291 g/mol. The normalized spacial score (nSPS) is 12.3. The van der Waals surface area contributed by atoms with Crippen LogP contribution in [0.2, 0.25) is 0 Å². The Morgan fingerprint density at radius 1 is 1.43 bits per heavy atom. The number of aliphatic hydroxyl groups excluding tert-OH is 1. The molecule has 1 aromatic heterocycles. The molecule has 0 spiro atoms. The fourth-order valence-corrected chi connectivity index (χ4v) is 2.30. The number of benzene rings is 1. The number of aryl methyl sites for hydroxylation is 1. The van der Waals surface area contributed by atoms with Gasteiger partial charge in [-0.25, -0.2) is 0 Å². The van der Waals surface area contributed by atoms with Crippen molar-refractivity contribution in [3.05, 3.63) is 44.7 Å². The lowest BCUT2D eigenvalue weighted by atomic mass is 10.1. The fourth-order valence-electron chi connectivity index (χ4n) is 2.30. The first-order valence-corrected chi connectivity index (χ1v) is 6.69. The van der Waals surface area contributed by atoms with Gasteiger partial charge in [0.2, 0.25) is 0 Å². The number of nitrogens with zero attached hydrogens (tertiary/aromatic N) is 2. The summed E-state index contributed by atoms with van der Waals surface area (Å²) in [5, 5.41) is 24.1. The van der Waals surface area contributed by atoms with Crippen molar-refractivity contribution in [2.75, 3.05) is 11.9 Å². The summed E-state index contributed by atoms with van der Waals surface area (Å²) < 4.78 is 1.38. The van der Waals surface area contributed by atoms with Gasteiger partial charge in [-0.05, 0) is 19.9 Å². The molecule has 21 heavy (non-hydrogen) atoms. The zero-order chi connectivity index (χ0) is 15.6. The molecule has 112 valence electrons. The molecule has 2 rings (SSSR count). The van der Waals surface area contributed by atoms with Crippen LogP contribution in [0.5, 0.6) is 0 Å². The summed E-state index contributed by atoms with van der Waals surface area (Å²) in [5.41, 5.74) is -0.347. The van der Waals surface area contributed by atoms with Gasteiger partial charge in [0.1, 0.15) is 5.69 Å². The second-order valence-electron chi connectivity index (χ2n) is 4.78. The predicted octanol–water partition coefficient (Wildman–Crippen LogP) is 1.72. The van der Waals surface area contributed by atoms with Crippen molar-refractivity contribution < 1.29 is 10.0 Å². The van der Waals surface area contributed by atoms with Gasteiger partial charge < -0.3 is 15.0 Å². The zero-order valence-corrected chi connectivity index (χ0v) is 11.9. The van der Waals surface area contributed by atoms with E-state index in [1.165, 1.54) is 4.57 Å². The highest BCUT2D eigenvalue weighted by atomic mass is 16.6. The molecular weight excluding hydrogens is 274 g/mol. The number of fused-ring (bicyclic) bond motifs is 1. The van der Waals surface area contributed by atoms with Crippen LogP contribution in [0.3, 0.4) is 0 Å². The Labute approximate surface area is 121 Å². The van der Waals surface area contributed by atoms with E-state index < -0.39 is 22.3 Å². The van der Waals surface area contributed by atoms with Crippen LogP contribution in [-0.4, -0.2) is 27.2 Å². The van der Waals surface area contributed by atoms with Gasteiger partial charge in [-0.3, -0.25) is 14.9 Å².